The Morgan fingerprint density at radius 3 is 2.69 bits per heavy atom. The summed E-state index contributed by atoms with van der Waals surface area (Å²) in [5, 5.41) is 5.94. The van der Waals surface area contributed by atoms with Crippen molar-refractivity contribution in [3.63, 3.8) is 0 Å². The number of carbonyl (C=O) groups is 1. The topological polar surface area (TPSA) is 68.8 Å². The molecule has 1 heterocycles. The van der Waals surface area contributed by atoms with Crippen molar-refractivity contribution in [2.45, 2.75) is 18.9 Å². The highest BCUT2D eigenvalue weighted by molar-refractivity contribution is 5.93. The van der Waals surface area contributed by atoms with Crippen molar-refractivity contribution in [2.24, 2.45) is 0 Å². The minimum absolute atomic E-state index is 0.135. The molecule has 3 rings (SSSR count). The molecule has 1 unspecified atom stereocenters. The average Bonchev–Trinajstić information content (AvgIpc) is 3.19. The molecule has 0 aromatic heterocycles. The van der Waals surface area contributed by atoms with Crippen LogP contribution in [0.1, 0.15) is 12.8 Å². The van der Waals surface area contributed by atoms with Crippen molar-refractivity contribution in [1.82, 2.24) is 0 Å². The van der Waals surface area contributed by atoms with Crippen molar-refractivity contribution in [3.8, 4) is 11.5 Å². The number of anilines is 2. The summed E-state index contributed by atoms with van der Waals surface area (Å²) >= 11 is 0. The van der Waals surface area contributed by atoms with E-state index in [9.17, 15) is 4.79 Å². The van der Waals surface area contributed by atoms with E-state index in [0.717, 1.165) is 30.9 Å². The van der Waals surface area contributed by atoms with Crippen molar-refractivity contribution in [1.29, 1.82) is 0 Å². The molecule has 1 saturated heterocycles. The number of hydrogen-bond donors (Lipinski definition) is 2. The number of methoxy groups -OCH3 is 1. The zero-order chi connectivity index (χ0) is 18.2. The van der Waals surface area contributed by atoms with E-state index in [4.69, 9.17) is 14.2 Å². The Morgan fingerprint density at radius 1 is 1.15 bits per heavy atom. The van der Waals surface area contributed by atoms with Crippen LogP contribution in [-0.4, -0.2) is 38.9 Å². The molecule has 0 bridgehead atoms. The fourth-order valence-corrected chi connectivity index (χ4v) is 2.75. The summed E-state index contributed by atoms with van der Waals surface area (Å²) in [6.45, 7) is 1.53. The lowest BCUT2D eigenvalue weighted by molar-refractivity contribution is -0.114. The highest BCUT2D eigenvalue weighted by Gasteiger charge is 2.16. The second kappa shape index (κ2) is 9.10. The Balaban J connectivity index is 1.47. The molecule has 1 aliphatic heterocycles. The molecule has 2 aromatic carbocycles. The molecular formula is C20H24N2O4. The number of benzene rings is 2. The summed E-state index contributed by atoms with van der Waals surface area (Å²) in [5.74, 6) is 1.33. The molecule has 6 nitrogen and oxygen atoms in total. The third-order valence-electron chi connectivity index (χ3n) is 4.10. The van der Waals surface area contributed by atoms with Crippen LogP contribution in [0.5, 0.6) is 11.5 Å². The first-order valence-corrected chi connectivity index (χ1v) is 8.75. The van der Waals surface area contributed by atoms with Gasteiger partial charge in [0.1, 0.15) is 18.1 Å². The van der Waals surface area contributed by atoms with Crippen molar-refractivity contribution < 1.29 is 19.0 Å². The molecule has 0 aliphatic carbocycles. The van der Waals surface area contributed by atoms with Gasteiger partial charge < -0.3 is 24.8 Å². The molecule has 1 aliphatic rings. The highest BCUT2D eigenvalue weighted by atomic mass is 16.5. The van der Waals surface area contributed by atoms with Gasteiger partial charge in [-0.05, 0) is 37.1 Å². The molecule has 26 heavy (non-hydrogen) atoms. The van der Waals surface area contributed by atoms with Gasteiger partial charge in [-0.15, -0.1) is 0 Å². The maximum Gasteiger partial charge on any atom is 0.243 e. The molecule has 2 N–H and O–H groups in total. The van der Waals surface area contributed by atoms with Crippen LogP contribution in [0, 0.1) is 0 Å². The van der Waals surface area contributed by atoms with Crippen LogP contribution < -0.4 is 20.1 Å². The van der Waals surface area contributed by atoms with Crippen molar-refractivity contribution in [3.05, 3.63) is 48.5 Å². The molecule has 1 amide bonds. The zero-order valence-electron chi connectivity index (χ0n) is 14.9. The predicted octanol–water partition coefficient (Wildman–Crippen LogP) is 3.30. The third kappa shape index (κ3) is 5.39. The smallest absolute Gasteiger partial charge is 0.243 e. The summed E-state index contributed by atoms with van der Waals surface area (Å²) in [7, 11) is 1.59. The number of hydrogen-bond acceptors (Lipinski definition) is 5. The monoisotopic (exact) mass is 356 g/mol. The van der Waals surface area contributed by atoms with Gasteiger partial charge in [0.2, 0.25) is 5.91 Å². The molecule has 0 saturated carbocycles. The number of amides is 1. The average molecular weight is 356 g/mol. The molecule has 0 spiro atoms. The standard InChI is InChI=1S/C20H24N2O4/c1-24-17-7-3-6-16(12-17)22-20(23)13-21-15-5-2-8-18(11-15)26-14-19-9-4-10-25-19/h2-3,5-8,11-12,19,21H,4,9-10,13-14H2,1H3,(H,22,23). The maximum atomic E-state index is 12.1. The van der Waals surface area contributed by atoms with Gasteiger partial charge in [-0.25, -0.2) is 0 Å². The predicted molar refractivity (Wildman–Crippen MR) is 101 cm³/mol. The van der Waals surface area contributed by atoms with E-state index < -0.39 is 0 Å². The van der Waals surface area contributed by atoms with E-state index in [1.54, 1.807) is 13.2 Å². The van der Waals surface area contributed by atoms with Crippen LogP contribution in [0.4, 0.5) is 11.4 Å². The molecule has 1 fully saturated rings. The van der Waals surface area contributed by atoms with E-state index in [1.807, 2.05) is 42.5 Å². The van der Waals surface area contributed by atoms with Crippen LogP contribution in [0.25, 0.3) is 0 Å². The molecular weight excluding hydrogens is 332 g/mol. The van der Waals surface area contributed by atoms with Gasteiger partial charge in [-0.3, -0.25) is 4.79 Å². The second-order valence-corrected chi connectivity index (χ2v) is 6.11. The minimum atomic E-state index is -0.135. The zero-order valence-corrected chi connectivity index (χ0v) is 14.9. The van der Waals surface area contributed by atoms with Gasteiger partial charge in [0, 0.05) is 30.1 Å². The summed E-state index contributed by atoms with van der Waals surface area (Å²) in [6.07, 6.45) is 2.32. The summed E-state index contributed by atoms with van der Waals surface area (Å²) in [6, 6.07) is 14.8. The molecule has 2 aromatic rings. The van der Waals surface area contributed by atoms with Crippen LogP contribution in [-0.2, 0) is 9.53 Å². The van der Waals surface area contributed by atoms with Gasteiger partial charge in [0.05, 0.1) is 19.8 Å². The third-order valence-corrected chi connectivity index (χ3v) is 4.10. The molecule has 0 radical (unpaired) electrons. The largest absolute Gasteiger partial charge is 0.497 e. The molecule has 1 atom stereocenters. The number of ether oxygens (including phenoxy) is 3. The first kappa shape index (κ1) is 18.1. The highest BCUT2D eigenvalue weighted by Crippen LogP contribution is 2.20. The molecule has 6 heteroatoms. The van der Waals surface area contributed by atoms with Crippen molar-refractivity contribution >= 4 is 17.3 Å². The Morgan fingerprint density at radius 2 is 1.92 bits per heavy atom. The van der Waals surface area contributed by atoms with E-state index in [-0.39, 0.29) is 18.6 Å². The van der Waals surface area contributed by atoms with Gasteiger partial charge in [-0.2, -0.15) is 0 Å². The Hall–Kier alpha value is -2.73. The minimum Gasteiger partial charge on any atom is -0.497 e. The van der Waals surface area contributed by atoms with Gasteiger partial charge in [-0.1, -0.05) is 12.1 Å². The Bertz CT molecular complexity index is 729. The van der Waals surface area contributed by atoms with Crippen LogP contribution in [0.3, 0.4) is 0 Å². The van der Waals surface area contributed by atoms with Gasteiger partial charge >= 0.3 is 0 Å². The quantitative estimate of drug-likeness (QED) is 0.759. The lowest BCUT2D eigenvalue weighted by Crippen LogP contribution is -2.21. The SMILES string of the molecule is COc1cccc(NC(=O)CNc2cccc(OCC3CCCO3)c2)c1. The van der Waals surface area contributed by atoms with Crippen LogP contribution in [0.2, 0.25) is 0 Å². The number of rotatable bonds is 8. The molecule has 138 valence electrons. The number of carbonyl (C=O) groups excluding carboxylic acids is 1. The summed E-state index contributed by atoms with van der Waals surface area (Å²) < 4.78 is 16.5. The summed E-state index contributed by atoms with van der Waals surface area (Å²) in [4.78, 5) is 12.1. The van der Waals surface area contributed by atoms with E-state index >= 15 is 0 Å². The fourth-order valence-electron chi connectivity index (χ4n) is 2.75. The first-order valence-electron chi connectivity index (χ1n) is 8.75. The Kier molecular flexibility index (Phi) is 6.33. The first-order chi connectivity index (χ1) is 12.7. The van der Waals surface area contributed by atoms with E-state index in [1.165, 1.54) is 0 Å². The van der Waals surface area contributed by atoms with Crippen LogP contribution in [0.15, 0.2) is 48.5 Å². The lowest BCUT2D eigenvalue weighted by atomic mass is 10.2. The van der Waals surface area contributed by atoms with Crippen molar-refractivity contribution in [2.75, 3.05) is 37.5 Å². The van der Waals surface area contributed by atoms with E-state index in [0.29, 0.717) is 18.0 Å². The summed E-state index contributed by atoms with van der Waals surface area (Å²) in [5.41, 5.74) is 1.53. The van der Waals surface area contributed by atoms with E-state index in [2.05, 4.69) is 10.6 Å². The Labute approximate surface area is 153 Å². The maximum absolute atomic E-state index is 12.1. The van der Waals surface area contributed by atoms with Crippen LogP contribution >= 0.6 is 0 Å². The lowest BCUT2D eigenvalue weighted by Gasteiger charge is -2.13. The van der Waals surface area contributed by atoms with Gasteiger partial charge in [0.25, 0.3) is 0 Å². The normalized spacial score (nSPS) is 16.1. The fraction of sp³-hybridized carbons (Fsp3) is 0.350. The number of nitrogens with one attached hydrogen (secondary N) is 2. The second-order valence-electron chi connectivity index (χ2n) is 6.11. The van der Waals surface area contributed by atoms with Gasteiger partial charge in [0.15, 0.2) is 0 Å².